The Morgan fingerprint density at radius 2 is 1.94 bits per heavy atom. The molecule has 0 saturated heterocycles. The summed E-state index contributed by atoms with van der Waals surface area (Å²) in [5, 5.41) is 2.53. The van der Waals surface area contributed by atoms with E-state index in [1.165, 1.54) is 27.0 Å². The minimum absolute atomic E-state index is 0.343. The first kappa shape index (κ1) is 13.8. The molecular formula is C12H17N3O3. The van der Waals surface area contributed by atoms with E-state index in [2.05, 4.69) is 5.32 Å². The van der Waals surface area contributed by atoms with E-state index in [0.29, 0.717) is 17.0 Å². The van der Waals surface area contributed by atoms with Crippen molar-refractivity contribution in [2.45, 2.75) is 19.4 Å². The van der Waals surface area contributed by atoms with Crippen molar-refractivity contribution in [1.82, 2.24) is 5.32 Å². The smallest absolute Gasteiger partial charge is 0.252 e. The summed E-state index contributed by atoms with van der Waals surface area (Å²) in [4.78, 5) is 23.1. The highest BCUT2D eigenvalue weighted by Crippen LogP contribution is 2.22. The van der Waals surface area contributed by atoms with Crippen molar-refractivity contribution in [3.63, 3.8) is 0 Å². The van der Waals surface area contributed by atoms with Gasteiger partial charge in [-0.1, -0.05) is 0 Å². The highest BCUT2D eigenvalue weighted by atomic mass is 16.5. The molecule has 0 saturated carbocycles. The Morgan fingerprint density at radius 1 is 1.33 bits per heavy atom. The van der Waals surface area contributed by atoms with E-state index >= 15 is 0 Å². The number of hydrogen-bond acceptors (Lipinski definition) is 4. The normalized spacial score (nSPS) is 10.8. The summed E-state index contributed by atoms with van der Waals surface area (Å²) in [5.41, 5.74) is 10.5. The van der Waals surface area contributed by atoms with Gasteiger partial charge in [-0.3, -0.25) is 9.59 Å². The number of primary amides is 1. The molecule has 0 unspecified atom stereocenters. The number of benzene rings is 1. The molecule has 6 nitrogen and oxygen atoms in total. The molecule has 0 spiro atoms. The minimum Gasteiger partial charge on any atom is -0.495 e. The molecule has 2 amide bonds. The lowest BCUT2D eigenvalue weighted by molar-refractivity contribution is -0.122. The second-order valence-corrected chi connectivity index (χ2v) is 4.40. The summed E-state index contributed by atoms with van der Waals surface area (Å²) in [6.45, 7) is 3.06. The van der Waals surface area contributed by atoms with Gasteiger partial charge in [0.15, 0.2) is 0 Å². The number of nitrogens with one attached hydrogen (secondary N) is 1. The van der Waals surface area contributed by atoms with Gasteiger partial charge >= 0.3 is 0 Å². The van der Waals surface area contributed by atoms with Crippen LogP contribution in [0.5, 0.6) is 5.75 Å². The van der Waals surface area contributed by atoms with Crippen molar-refractivity contribution in [1.29, 1.82) is 0 Å². The van der Waals surface area contributed by atoms with Crippen molar-refractivity contribution >= 4 is 17.5 Å². The maximum Gasteiger partial charge on any atom is 0.252 e. The molecule has 5 N–H and O–H groups in total. The van der Waals surface area contributed by atoms with Gasteiger partial charge in [0.05, 0.1) is 12.8 Å². The maximum absolute atomic E-state index is 11.9. The van der Waals surface area contributed by atoms with E-state index in [4.69, 9.17) is 16.2 Å². The first-order chi connectivity index (χ1) is 8.27. The van der Waals surface area contributed by atoms with E-state index in [9.17, 15) is 9.59 Å². The molecule has 18 heavy (non-hydrogen) atoms. The zero-order chi connectivity index (χ0) is 13.9. The molecule has 6 heteroatoms. The van der Waals surface area contributed by atoms with Gasteiger partial charge in [0, 0.05) is 5.56 Å². The van der Waals surface area contributed by atoms with Gasteiger partial charge in [-0.15, -0.1) is 0 Å². The molecule has 0 aromatic heterocycles. The molecule has 0 aliphatic carbocycles. The standard InChI is InChI=1S/C12H17N3O3/c1-12(2,11(14)17)15-10(16)7-4-5-8(13)9(6-7)18-3/h4-6H,13H2,1-3H3,(H2,14,17)(H,15,16). The summed E-state index contributed by atoms with van der Waals surface area (Å²) in [5.74, 6) is -0.630. The summed E-state index contributed by atoms with van der Waals surface area (Å²) in [6, 6.07) is 4.61. The number of methoxy groups -OCH3 is 1. The Kier molecular flexibility index (Phi) is 3.80. The summed E-state index contributed by atoms with van der Waals surface area (Å²) in [6.07, 6.45) is 0. The summed E-state index contributed by atoms with van der Waals surface area (Å²) >= 11 is 0. The lowest BCUT2D eigenvalue weighted by Crippen LogP contribution is -2.53. The molecule has 0 atom stereocenters. The van der Waals surface area contributed by atoms with Crippen LogP contribution < -0.4 is 21.5 Å². The molecule has 1 rings (SSSR count). The quantitative estimate of drug-likeness (QED) is 0.667. The summed E-state index contributed by atoms with van der Waals surface area (Å²) in [7, 11) is 1.46. The zero-order valence-electron chi connectivity index (χ0n) is 10.6. The Bertz CT molecular complexity index is 483. The van der Waals surface area contributed by atoms with Gasteiger partial charge in [-0.25, -0.2) is 0 Å². The van der Waals surface area contributed by atoms with Crippen molar-refractivity contribution in [2.75, 3.05) is 12.8 Å². The number of nitrogen functional groups attached to an aromatic ring is 1. The van der Waals surface area contributed by atoms with Crippen molar-refractivity contribution in [3.8, 4) is 5.75 Å². The fourth-order valence-electron chi connectivity index (χ4n) is 1.27. The van der Waals surface area contributed by atoms with Gasteiger partial charge < -0.3 is 21.5 Å². The topological polar surface area (TPSA) is 107 Å². The van der Waals surface area contributed by atoms with Gasteiger partial charge in [0.25, 0.3) is 5.91 Å². The second kappa shape index (κ2) is 4.95. The molecule has 1 aromatic rings. The van der Waals surface area contributed by atoms with Gasteiger partial charge in [-0.2, -0.15) is 0 Å². The van der Waals surface area contributed by atoms with Crippen LogP contribution in [0.15, 0.2) is 18.2 Å². The molecular weight excluding hydrogens is 234 g/mol. The van der Waals surface area contributed by atoms with Gasteiger partial charge in [0.2, 0.25) is 5.91 Å². The Hall–Kier alpha value is -2.24. The average molecular weight is 251 g/mol. The highest BCUT2D eigenvalue weighted by molar-refractivity contribution is 5.99. The Labute approximate surface area is 105 Å². The van der Waals surface area contributed by atoms with Gasteiger partial charge in [-0.05, 0) is 32.0 Å². The van der Waals surface area contributed by atoms with E-state index in [-0.39, 0.29) is 0 Å². The molecule has 0 bridgehead atoms. The molecule has 0 radical (unpaired) electrons. The highest BCUT2D eigenvalue weighted by Gasteiger charge is 2.27. The molecule has 98 valence electrons. The fraction of sp³-hybridized carbons (Fsp3) is 0.333. The van der Waals surface area contributed by atoms with Crippen molar-refractivity contribution in [2.24, 2.45) is 5.73 Å². The number of amides is 2. The third-order valence-corrected chi connectivity index (χ3v) is 2.54. The maximum atomic E-state index is 11.9. The number of nitrogens with two attached hydrogens (primary N) is 2. The molecule has 0 aliphatic rings. The Morgan fingerprint density at radius 3 is 2.44 bits per heavy atom. The minimum atomic E-state index is -1.12. The van der Waals surface area contributed by atoms with Crippen LogP contribution in [0, 0.1) is 0 Å². The SMILES string of the molecule is COc1cc(C(=O)NC(C)(C)C(N)=O)ccc1N. The number of ether oxygens (including phenoxy) is 1. The largest absolute Gasteiger partial charge is 0.495 e. The van der Waals surface area contributed by atoms with Crippen LogP contribution in [-0.2, 0) is 4.79 Å². The van der Waals surface area contributed by atoms with Crippen LogP contribution in [-0.4, -0.2) is 24.5 Å². The number of hydrogen-bond donors (Lipinski definition) is 3. The molecule has 0 heterocycles. The zero-order valence-corrected chi connectivity index (χ0v) is 10.6. The van der Waals surface area contributed by atoms with Gasteiger partial charge in [0.1, 0.15) is 11.3 Å². The first-order valence-electron chi connectivity index (χ1n) is 5.34. The van der Waals surface area contributed by atoms with Crippen LogP contribution in [0.1, 0.15) is 24.2 Å². The third-order valence-electron chi connectivity index (χ3n) is 2.54. The third kappa shape index (κ3) is 2.91. The number of carbonyl (C=O) groups excluding carboxylic acids is 2. The first-order valence-corrected chi connectivity index (χ1v) is 5.34. The van der Waals surface area contributed by atoms with E-state index in [0.717, 1.165) is 0 Å². The van der Waals surface area contributed by atoms with E-state index in [1.807, 2.05) is 0 Å². The van der Waals surface area contributed by atoms with Crippen molar-refractivity contribution in [3.05, 3.63) is 23.8 Å². The Balaban J connectivity index is 2.95. The second-order valence-electron chi connectivity index (χ2n) is 4.40. The fourth-order valence-corrected chi connectivity index (χ4v) is 1.27. The average Bonchev–Trinajstić information content (AvgIpc) is 2.28. The van der Waals surface area contributed by atoms with Crippen LogP contribution in [0.2, 0.25) is 0 Å². The lowest BCUT2D eigenvalue weighted by Gasteiger charge is -2.22. The molecule has 1 aromatic carbocycles. The monoisotopic (exact) mass is 251 g/mol. The van der Waals surface area contributed by atoms with Crippen LogP contribution in [0.3, 0.4) is 0 Å². The molecule has 0 fully saturated rings. The number of rotatable bonds is 4. The lowest BCUT2D eigenvalue weighted by atomic mass is 10.0. The predicted octanol–water partition coefficient (Wildman–Crippen LogP) is 0.271. The number of carbonyl (C=O) groups is 2. The predicted molar refractivity (Wildman–Crippen MR) is 68.1 cm³/mol. The summed E-state index contributed by atoms with van der Waals surface area (Å²) < 4.78 is 5.02. The van der Waals surface area contributed by atoms with E-state index < -0.39 is 17.4 Å². The van der Waals surface area contributed by atoms with E-state index in [1.54, 1.807) is 12.1 Å². The van der Waals surface area contributed by atoms with Crippen LogP contribution in [0.25, 0.3) is 0 Å². The number of anilines is 1. The molecule has 0 aliphatic heterocycles. The van der Waals surface area contributed by atoms with Crippen molar-refractivity contribution < 1.29 is 14.3 Å². The van der Waals surface area contributed by atoms with Crippen LogP contribution in [0.4, 0.5) is 5.69 Å². The van der Waals surface area contributed by atoms with Crippen LogP contribution >= 0.6 is 0 Å².